The van der Waals surface area contributed by atoms with Gasteiger partial charge in [-0.1, -0.05) is 20.8 Å². The van der Waals surface area contributed by atoms with Gasteiger partial charge in [0.1, 0.15) is 10.7 Å². The normalized spacial score (nSPS) is 14.1. The van der Waals surface area contributed by atoms with Crippen molar-refractivity contribution in [3.63, 3.8) is 0 Å². The van der Waals surface area contributed by atoms with Crippen LogP contribution in [0.3, 0.4) is 0 Å². The topological polar surface area (TPSA) is 117 Å². The zero-order chi connectivity index (χ0) is 16.4. The van der Waals surface area contributed by atoms with Gasteiger partial charge < -0.3 is 14.6 Å². The number of aliphatic hydroxyl groups excluding tert-OH is 1. The number of hydrogen-bond acceptors (Lipinski definition) is 5. The molecule has 1 unspecified atom stereocenters. The van der Waals surface area contributed by atoms with Crippen LogP contribution in [-0.4, -0.2) is 37.2 Å². The maximum Gasteiger partial charge on any atom is 0.371 e. The van der Waals surface area contributed by atoms with Gasteiger partial charge in [-0.3, -0.25) is 0 Å². The van der Waals surface area contributed by atoms with E-state index in [-0.39, 0.29) is 23.7 Å². The summed E-state index contributed by atoms with van der Waals surface area (Å²) in [5.74, 6) is -1.75. The summed E-state index contributed by atoms with van der Waals surface area (Å²) in [4.78, 5) is 10.6. The van der Waals surface area contributed by atoms with Crippen LogP contribution < -0.4 is 4.72 Å². The molecule has 1 heterocycles. The van der Waals surface area contributed by atoms with E-state index in [0.29, 0.717) is 0 Å². The van der Waals surface area contributed by atoms with Gasteiger partial charge in [0, 0.05) is 18.7 Å². The number of carboxylic acids is 1. The van der Waals surface area contributed by atoms with Crippen LogP contribution in [0.2, 0.25) is 0 Å². The minimum absolute atomic E-state index is 0.0107. The van der Waals surface area contributed by atoms with Crippen LogP contribution in [0.1, 0.15) is 43.5 Å². The van der Waals surface area contributed by atoms with E-state index >= 15 is 0 Å². The molecule has 1 rings (SSSR count). The number of rotatable bonds is 6. The van der Waals surface area contributed by atoms with Crippen molar-refractivity contribution in [2.75, 3.05) is 6.61 Å². The molecule has 0 amide bonds. The van der Waals surface area contributed by atoms with Crippen LogP contribution in [-0.2, 0) is 10.0 Å². The molecule has 0 saturated carbocycles. The molecule has 0 fully saturated rings. The van der Waals surface area contributed by atoms with Crippen molar-refractivity contribution in [1.82, 2.24) is 4.72 Å². The van der Waals surface area contributed by atoms with E-state index < -0.39 is 33.2 Å². The number of aryl methyl sites for hydroxylation is 1. The Hall–Kier alpha value is -1.38. The van der Waals surface area contributed by atoms with Crippen LogP contribution in [0.5, 0.6) is 0 Å². The van der Waals surface area contributed by atoms with Gasteiger partial charge >= 0.3 is 5.97 Å². The molecule has 0 spiro atoms. The predicted molar refractivity (Wildman–Crippen MR) is 75.7 cm³/mol. The van der Waals surface area contributed by atoms with Crippen molar-refractivity contribution >= 4 is 16.0 Å². The highest BCUT2D eigenvalue weighted by Crippen LogP contribution is 2.26. The maximum absolute atomic E-state index is 12.4. The zero-order valence-electron chi connectivity index (χ0n) is 12.5. The van der Waals surface area contributed by atoms with E-state index in [9.17, 15) is 13.2 Å². The Morgan fingerprint density at radius 1 is 1.43 bits per heavy atom. The van der Waals surface area contributed by atoms with Gasteiger partial charge in [0.05, 0.1) is 0 Å². The summed E-state index contributed by atoms with van der Waals surface area (Å²) in [5.41, 5.74) is -0.400. The summed E-state index contributed by atoms with van der Waals surface area (Å²) in [6.07, 6.45) is 0.255. The number of aromatic carboxylic acids is 1. The van der Waals surface area contributed by atoms with Gasteiger partial charge in [-0.2, -0.15) is 0 Å². The fourth-order valence-electron chi connectivity index (χ4n) is 1.89. The highest BCUT2D eigenvalue weighted by atomic mass is 32.2. The molecular formula is C13H21NO6S. The molecule has 8 heteroatoms. The summed E-state index contributed by atoms with van der Waals surface area (Å²) in [5, 5.41) is 17.9. The van der Waals surface area contributed by atoms with E-state index in [2.05, 4.69) is 4.72 Å². The van der Waals surface area contributed by atoms with Crippen LogP contribution >= 0.6 is 0 Å². The van der Waals surface area contributed by atoms with Crippen LogP contribution in [0.15, 0.2) is 15.4 Å². The van der Waals surface area contributed by atoms with E-state index in [4.69, 9.17) is 14.6 Å². The number of sulfonamides is 1. The van der Waals surface area contributed by atoms with Crippen molar-refractivity contribution in [2.24, 2.45) is 5.41 Å². The molecule has 7 nitrogen and oxygen atoms in total. The molecule has 0 aromatic carbocycles. The Morgan fingerprint density at radius 3 is 2.38 bits per heavy atom. The van der Waals surface area contributed by atoms with Crippen LogP contribution in [0, 0.1) is 12.3 Å². The third-order valence-electron chi connectivity index (χ3n) is 3.13. The molecular weight excluding hydrogens is 298 g/mol. The Morgan fingerprint density at radius 2 is 2.00 bits per heavy atom. The van der Waals surface area contributed by atoms with Crippen molar-refractivity contribution in [3.8, 4) is 0 Å². The fourth-order valence-corrected chi connectivity index (χ4v) is 3.54. The first-order valence-electron chi connectivity index (χ1n) is 6.46. The van der Waals surface area contributed by atoms with Gasteiger partial charge in [-0.05, 0) is 18.8 Å². The minimum atomic E-state index is -3.93. The molecule has 1 atom stereocenters. The van der Waals surface area contributed by atoms with Crippen molar-refractivity contribution < 1.29 is 27.8 Å². The number of aliphatic hydroxyl groups is 1. The Bertz CT molecular complexity index is 611. The summed E-state index contributed by atoms with van der Waals surface area (Å²) < 4.78 is 32.2. The first kappa shape index (κ1) is 17.7. The first-order valence-corrected chi connectivity index (χ1v) is 7.94. The molecule has 0 aliphatic carbocycles. The Kier molecular flexibility index (Phi) is 5.19. The van der Waals surface area contributed by atoms with Crippen molar-refractivity contribution in [3.05, 3.63) is 17.6 Å². The standard InChI is InChI=1S/C13H21NO6S/c1-8-10(7-9(20-8)12(16)17)21(18,19)14-11(5-6-15)13(2,3)4/h7,11,14-15H,5-6H2,1-4H3,(H,16,17). The second kappa shape index (κ2) is 6.17. The molecule has 1 aromatic rings. The molecule has 0 bridgehead atoms. The minimum Gasteiger partial charge on any atom is -0.475 e. The molecule has 3 N–H and O–H groups in total. The highest BCUT2D eigenvalue weighted by Gasteiger charge is 2.31. The molecule has 0 radical (unpaired) electrons. The third kappa shape index (κ3) is 4.29. The number of furan rings is 1. The average molecular weight is 319 g/mol. The number of hydrogen-bond donors (Lipinski definition) is 3. The van der Waals surface area contributed by atoms with Crippen LogP contribution in [0.25, 0.3) is 0 Å². The SMILES string of the molecule is Cc1oc(C(=O)O)cc1S(=O)(=O)NC(CCO)C(C)(C)C. The summed E-state index contributed by atoms with van der Waals surface area (Å²) in [6, 6.07) is 0.494. The number of nitrogens with one attached hydrogen (secondary N) is 1. The van der Waals surface area contributed by atoms with Gasteiger partial charge in [0.2, 0.25) is 15.8 Å². The monoisotopic (exact) mass is 319 g/mol. The summed E-state index contributed by atoms with van der Waals surface area (Å²) >= 11 is 0. The van der Waals surface area contributed by atoms with Gasteiger partial charge in [0.25, 0.3) is 0 Å². The molecule has 21 heavy (non-hydrogen) atoms. The lowest BCUT2D eigenvalue weighted by molar-refractivity contribution is 0.0661. The maximum atomic E-state index is 12.4. The molecule has 1 aromatic heterocycles. The second-order valence-electron chi connectivity index (χ2n) is 5.89. The van der Waals surface area contributed by atoms with Crippen molar-refractivity contribution in [2.45, 2.75) is 45.1 Å². The fraction of sp³-hybridized carbons (Fsp3) is 0.615. The average Bonchev–Trinajstić information content (AvgIpc) is 2.70. The number of carboxylic acid groups (broad SMARTS) is 1. The smallest absolute Gasteiger partial charge is 0.371 e. The van der Waals surface area contributed by atoms with Gasteiger partial charge in [-0.25, -0.2) is 17.9 Å². The van der Waals surface area contributed by atoms with E-state index in [1.807, 2.05) is 20.8 Å². The number of carbonyl (C=O) groups is 1. The lowest BCUT2D eigenvalue weighted by atomic mass is 9.86. The second-order valence-corrected chi connectivity index (χ2v) is 7.57. The Balaban J connectivity index is 3.13. The van der Waals surface area contributed by atoms with Crippen molar-refractivity contribution in [1.29, 1.82) is 0 Å². The lowest BCUT2D eigenvalue weighted by Gasteiger charge is -2.30. The molecule has 0 aliphatic rings. The molecule has 120 valence electrons. The zero-order valence-corrected chi connectivity index (χ0v) is 13.3. The quantitative estimate of drug-likeness (QED) is 0.729. The first-order chi connectivity index (χ1) is 9.49. The van der Waals surface area contributed by atoms with E-state index in [1.54, 1.807) is 0 Å². The molecule has 0 aliphatic heterocycles. The predicted octanol–water partition coefficient (Wildman–Crippen LogP) is 1.36. The van der Waals surface area contributed by atoms with Crippen LogP contribution in [0.4, 0.5) is 0 Å². The highest BCUT2D eigenvalue weighted by molar-refractivity contribution is 7.89. The van der Waals surface area contributed by atoms with Gasteiger partial charge in [0.15, 0.2) is 0 Å². The van der Waals surface area contributed by atoms with E-state index in [0.717, 1.165) is 6.07 Å². The Labute approximate surface area is 124 Å². The van der Waals surface area contributed by atoms with E-state index in [1.165, 1.54) is 6.92 Å². The third-order valence-corrected chi connectivity index (χ3v) is 4.71. The molecule has 0 saturated heterocycles. The largest absolute Gasteiger partial charge is 0.475 e. The summed E-state index contributed by atoms with van der Waals surface area (Å²) in [7, 11) is -3.93. The van der Waals surface area contributed by atoms with Gasteiger partial charge in [-0.15, -0.1) is 0 Å². The lowest BCUT2D eigenvalue weighted by Crippen LogP contribution is -2.44. The summed E-state index contributed by atoms with van der Waals surface area (Å²) in [6.45, 7) is 6.77.